The van der Waals surface area contributed by atoms with Crippen LogP contribution in [0.1, 0.15) is 12.5 Å². The summed E-state index contributed by atoms with van der Waals surface area (Å²) < 4.78 is 7.13. The molecule has 0 saturated carbocycles. The van der Waals surface area contributed by atoms with Crippen LogP contribution in [0.5, 0.6) is 5.75 Å². The van der Waals surface area contributed by atoms with E-state index in [9.17, 15) is 4.79 Å². The van der Waals surface area contributed by atoms with Crippen LogP contribution in [-0.2, 0) is 4.79 Å². The molecule has 3 nitrogen and oxygen atoms in total. The first-order valence-corrected chi connectivity index (χ1v) is 9.68. The van der Waals surface area contributed by atoms with Gasteiger partial charge in [0.2, 0.25) is 5.91 Å². The maximum atomic E-state index is 12.1. The van der Waals surface area contributed by atoms with E-state index in [2.05, 4.69) is 37.2 Å². The second-order valence-electron chi connectivity index (χ2n) is 4.84. The van der Waals surface area contributed by atoms with Gasteiger partial charge in [0.15, 0.2) is 0 Å². The summed E-state index contributed by atoms with van der Waals surface area (Å²) in [6.07, 6.45) is 0. The molecule has 0 aliphatic heterocycles. The van der Waals surface area contributed by atoms with Crippen molar-refractivity contribution in [3.05, 3.63) is 50.9 Å². The lowest BCUT2D eigenvalue weighted by Gasteiger charge is -2.11. The fraction of sp³-hybridized carbons (Fsp3) is 0.235. The highest BCUT2D eigenvalue weighted by Crippen LogP contribution is 2.32. The Bertz CT molecular complexity index is 666. The summed E-state index contributed by atoms with van der Waals surface area (Å²) in [4.78, 5) is 13.2. The minimum atomic E-state index is -0.0471. The monoisotopic (exact) mass is 457 g/mol. The summed E-state index contributed by atoms with van der Waals surface area (Å²) in [7, 11) is 0. The number of benzene rings is 2. The first-order valence-electron chi connectivity index (χ1n) is 7.10. The lowest BCUT2D eigenvalue weighted by molar-refractivity contribution is -0.113. The number of halogens is 2. The molecule has 0 aliphatic carbocycles. The summed E-state index contributed by atoms with van der Waals surface area (Å²) in [5, 5.41) is 2.93. The van der Waals surface area contributed by atoms with E-state index in [0.717, 1.165) is 30.8 Å². The topological polar surface area (TPSA) is 38.3 Å². The Hall–Kier alpha value is -0.980. The number of carbonyl (C=O) groups is 1. The second kappa shape index (κ2) is 8.76. The molecule has 2 aromatic carbocycles. The molecule has 0 atom stereocenters. The number of aryl methyl sites for hydroxylation is 1. The summed E-state index contributed by atoms with van der Waals surface area (Å²) in [6.45, 7) is 4.60. The van der Waals surface area contributed by atoms with E-state index in [1.54, 1.807) is 0 Å². The van der Waals surface area contributed by atoms with Crippen LogP contribution >= 0.6 is 43.6 Å². The van der Waals surface area contributed by atoms with Gasteiger partial charge in [-0.15, -0.1) is 11.8 Å². The van der Waals surface area contributed by atoms with E-state index in [-0.39, 0.29) is 5.91 Å². The van der Waals surface area contributed by atoms with Gasteiger partial charge < -0.3 is 10.1 Å². The lowest BCUT2D eigenvalue weighted by Crippen LogP contribution is -2.14. The summed E-state index contributed by atoms with van der Waals surface area (Å²) in [6, 6.07) is 11.7. The number of ether oxygens (including phenoxy) is 1. The zero-order chi connectivity index (χ0) is 16.8. The van der Waals surface area contributed by atoms with Gasteiger partial charge in [-0.05, 0) is 87.7 Å². The van der Waals surface area contributed by atoms with Crippen LogP contribution in [0.15, 0.2) is 50.2 Å². The molecule has 0 heterocycles. The van der Waals surface area contributed by atoms with Crippen LogP contribution in [0.4, 0.5) is 5.69 Å². The van der Waals surface area contributed by atoms with E-state index in [1.807, 2.05) is 50.2 Å². The fourth-order valence-corrected chi connectivity index (χ4v) is 4.25. The van der Waals surface area contributed by atoms with Gasteiger partial charge >= 0.3 is 0 Å². The summed E-state index contributed by atoms with van der Waals surface area (Å²) >= 11 is 8.45. The Labute approximate surface area is 157 Å². The third kappa shape index (κ3) is 5.55. The van der Waals surface area contributed by atoms with Gasteiger partial charge in [0.25, 0.3) is 0 Å². The van der Waals surface area contributed by atoms with Crippen molar-refractivity contribution >= 4 is 55.2 Å². The molecule has 1 N–H and O–H groups in total. The van der Waals surface area contributed by atoms with E-state index in [0.29, 0.717) is 12.4 Å². The van der Waals surface area contributed by atoms with Crippen LogP contribution in [0.3, 0.4) is 0 Å². The average Bonchev–Trinajstić information content (AvgIpc) is 2.50. The Morgan fingerprint density at radius 3 is 2.35 bits per heavy atom. The molecule has 0 fully saturated rings. The molecule has 23 heavy (non-hydrogen) atoms. The van der Waals surface area contributed by atoms with Gasteiger partial charge in [0.05, 0.1) is 18.0 Å². The van der Waals surface area contributed by atoms with Gasteiger partial charge in [0, 0.05) is 13.8 Å². The summed E-state index contributed by atoms with van der Waals surface area (Å²) in [5.41, 5.74) is 1.87. The van der Waals surface area contributed by atoms with Gasteiger partial charge in [-0.2, -0.15) is 0 Å². The molecular formula is C17H17Br2NO2S. The minimum Gasteiger partial charge on any atom is -0.494 e. The van der Waals surface area contributed by atoms with Crippen molar-refractivity contribution in [2.75, 3.05) is 17.7 Å². The minimum absolute atomic E-state index is 0.0471. The predicted molar refractivity (Wildman–Crippen MR) is 104 cm³/mol. The highest BCUT2D eigenvalue weighted by molar-refractivity contribution is 9.11. The summed E-state index contributed by atoms with van der Waals surface area (Å²) in [5.74, 6) is 1.14. The number of hydrogen-bond donors (Lipinski definition) is 1. The van der Waals surface area contributed by atoms with Crippen molar-refractivity contribution < 1.29 is 9.53 Å². The molecule has 1 amide bonds. The molecule has 0 aliphatic rings. The Kier molecular flexibility index (Phi) is 6.99. The van der Waals surface area contributed by atoms with Gasteiger partial charge in [-0.25, -0.2) is 0 Å². The number of anilines is 1. The maximum absolute atomic E-state index is 12.1. The quantitative estimate of drug-likeness (QED) is 0.568. The number of amides is 1. The third-order valence-electron chi connectivity index (χ3n) is 2.96. The van der Waals surface area contributed by atoms with E-state index in [1.165, 1.54) is 11.8 Å². The molecule has 0 radical (unpaired) electrons. The molecule has 122 valence electrons. The normalized spacial score (nSPS) is 10.4. The SMILES string of the molecule is CCOc1ccc(SCC(=O)Nc2c(Br)cc(C)cc2Br)cc1. The molecule has 2 rings (SSSR count). The largest absolute Gasteiger partial charge is 0.494 e. The van der Waals surface area contributed by atoms with Gasteiger partial charge in [0.1, 0.15) is 5.75 Å². The standard InChI is InChI=1S/C17H17Br2NO2S/c1-3-22-12-4-6-13(7-5-12)23-10-16(21)20-17-14(18)8-11(2)9-15(17)19/h4-9H,3,10H2,1-2H3,(H,20,21). The molecule has 0 bridgehead atoms. The van der Waals surface area contributed by atoms with Crippen molar-refractivity contribution in [3.8, 4) is 5.75 Å². The van der Waals surface area contributed by atoms with Crippen molar-refractivity contribution in [2.24, 2.45) is 0 Å². The Morgan fingerprint density at radius 1 is 1.17 bits per heavy atom. The predicted octanol–water partition coefficient (Wildman–Crippen LogP) is 5.65. The van der Waals surface area contributed by atoms with Crippen LogP contribution in [-0.4, -0.2) is 18.3 Å². The first kappa shape index (κ1) is 18.4. The van der Waals surface area contributed by atoms with Crippen LogP contribution in [0.25, 0.3) is 0 Å². The van der Waals surface area contributed by atoms with Crippen LogP contribution < -0.4 is 10.1 Å². The van der Waals surface area contributed by atoms with Crippen molar-refractivity contribution in [1.82, 2.24) is 0 Å². The zero-order valence-electron chi connectivity index (χ0n) is 12.9. The second-order valence-corrected chi connectivity index (χ2v) is 7.60. The zero-order valence-corrected chi connectivity index (χ0v) is 16.8. The van der Waals surface area contributed by atoms with Crippen molar-refractivity contribution in [1.29, 1.82) is 0 Å². The molecule has 0 unspecified atom stereocenters. The Morgan fingerprint density at radius 2 is 1.78 bits per heavy atom. The first-order chi connectivity index (χ1) is 11.0. The molecule has 0 spiro atoms. The highest BCUT2D eigenvalue weighted by Gasteiger charge is 2.10. The molecule has 2 aromatic rings. The fourth-order valence-electron chi connectivity index (χ4n) is 1.94. The van der Waals surface area contributed by atoms with E-state index >= 15 is 0 Å². The number of nitrogens with one attached hydrogen (secondary N) is 1. The van der Waals surface area contributed by atoms with Crippen molar-refractivity contribution in [3.63, 3.8) is 0 Å². The lowest BCUT2D eigenvalue weighted by atomic mass is 10.2. The number of thioether (sulfide) groups is 1. The molecule has 6 heteroatoms. The average molecular weight is 459 g/mol. The Balaban J connectivity index is 1.93. The van der Waals surface area contributed by atoms with Gasteiger partial charge in [-0.1, -0.05) is 0 Å². The molecule has 0 saturated heterocycles. The number of carbonyl (C=O) groups excluding carboxylic acids is 1. The molecule has 0 aromatic heterocycles. The maximum Gasteiger partial charge on any atom is 0.234 e. The number of rotatable bonds is 6. The number of hydrogen-bond acceptors (Lipinski definition) is 3. The van der Waals surface area contributed by atoms with Crippen LogP contribution in [0, 0.1) is 6.92 Å². The van der Waals surface area contributed by atoms with Crippen molar-refractivity contribution in [2.45, 2.75) is 18.7 Å². The van der Waals surface area contributed by atoms with E-state index < -0.39 is 0 Å². The van der Waals surface area contributed by atoms with Crippen LogP contribution in [0.2, 0.25) is 0 Å². The van der Waals surface area contributed by atoms with Gasteiger partial charge in [-0.3, -0.25) is 4.79 Å². The van der Waals surface area contributed by atoms with E-state index in [4.69, 9.17) is 4.74 Å². The third-order valence-corrected chi connectivity index (χ3v) is 5.22. The smallest absolute Gasteiger partial charge is 0.234 e. The highest BCUT2D eigenvalue weighted by atomic mass is 79.9. The molecular weight excluding hydrogens is 442 g/mol.